The number of phenolic OH excluding ortho intramolecular Hbond substituents is 1. The second-order valence-electron chi connectivity index (χ2n) is 4.56. The summed E-state index contributed by atoms with van der Waals surface area (Å²) in [5.74, 6) is -0.0613. The molecule has 2 aromatic rings. The van der Waals surface area contributed by atoms with Gasteiger partial charge in [0, 0.05) is 10.0 Å². The predicted molar refractivity (Wildman–Crippen MR) is 97.9 cm³/mol. The van der Waals surface area contributed by atoms with Gasteiger partial charge in [-0.3, -0.25) is 9.69 Å². The fourth-order valence-corrected chi connectivity index (χ4v) is 3.72. The van der Waals surface area contributed by atoms with Crippen LogP contribution in [0.25, 0.3) is 6.08 Å². The first-order valence-corrected chi connectivity index (χ1v) is 8.39. The van der Waals surface area contributed by atoms with Gasteiger partial charge in [-0.05, 0) is 36.4 Å². The van der Waals surface area contributed by atoms with Crippen LogP contribution in [0.2, 0.25) is 0 Å². The first-order chi connectivity index (χ1) is 10.6. The maximum absolute atomic E-state index is 12.6. The van der Waals surface area contributed by atoms with Gasteiger partial charge in [-0.15, -0.1) is 0 Å². The number of benzene rings is 2. The molecule has 0 aromatic heterocycles. The van der Waals surface area contributed by atoms with Crippen LogP contribution < -0.4 is 4.90 Å². The van der Waals surface area contributed by atoms with Crippen LogP contribution in [0.4, 0.5) is 5.69 Å². The minimum absolute atomic E-state index is 0.119. The Balaban J connectivity index is 1.97. The third-order valence-electron chi connectivity index (χ3n) is 3.08. The smallest absolute Gasteiger partial charge is 0.270 e. The molecular weight excluding hydrogens is 382 g/mol. The lowest BCUT2D eigenvalue weighted by Gasteiger charge is -2.13. The van der Waals surface area contributed by atoms with E-state index in [0.29, 0.717) is 14.8 Å². The van der Waals surface area contributed by atoms with Gasteiger partial charge in [-0.1, -0.05) is 58.1 Å². The number of carbonyl (C=O) groups is 1. The topological polar surface area (TPSA) is 40.5 Å². The average Bonchev–Trinajstić information content (AvgIpc) is 2.78. The number of halogens is 1. The average molecular weight is 392 g/mol. The highest BCUT2D eigenvalue weighted by Crippen LogP contribution is 2.37. The first kappa shape index (κ1) is 15.3. The maximum Gasteiger partial charge on any atom is 0.270 e. The van der Waals surface area contributed by atoms with Crippen molar-refractivity contribution >= 4 is 61.9 Å². The number of para-hydroxylation sites is 1. The largest absolute Gasteiger partial charge is 0.507 e. The summed E-state index contributed by atoms with van der Waals surface area (Å²) in [4.78, 5) is 14.6. The van der Waals surface area contributed by atoms with E-state index in [0.717, 1.165) is 10.2 Å². The van der Waals surface area contributed by atoms with Crippen LogP contribution in [0.3, 0.4) is 0 Å². The molecule has 0 saturated carbocycles. The molecule has 1 heterocycles. The molecule has 0 unspecified atom stereocenters. The van der Waals surface area contributed by atoms with Gasteiger partial charge in [0.2, 0.25) is 0 Å². The summed E-state index contributed by atoms with van der Waals surface area (Å²) in [5.41, 5.74) is 1.31. The van der Waals surface area contributed by atoms with Gasteiger partial charge in [0.05, 0.1) is 10.6 Å². The molecule has 0 bridgehead atoms. The van der Waals surface area contributed by atoms with Crippen molar-refractivity contribution in [2.45, 2.75) is 0 Å². The van der Waals surface area contributed by atoms with E-state index in [1.54, 1.807) is 24.3 Å². The number of carbonyl (C=O) groups excluding carboxylic acids is 1. The first-order valence-electron chi connectivity index (χ1n) is 6.38. The molecule has 1 saturated heterocycles. The lowest BCUT2D eigenvalue weighted by atomic mass is 10.2. The number of amides is 1. The summed E-state index contributed by atoms with van der Waals surface area (Å²) < 4.78 is 1.31. The number of thioether (sulfide) groups is 1. The van der Waals surface area contributed by atoms with Crippen molar-refractivity contribution in [3.63, 3.8) is 0 Å². The molecule has 0 atom stereocenters. The molecule has 1 fully saturated rings. The van der Waals surface area contributed by atoms with E-state index in [9.17, 15) is 9.90 Å². The molecule has 0 spiro atoms. The zero-order chi connectivity index (χ0) is 15.7. The van der Waals surface area contributed by atoms with Crippen LogP contribution in [0.15, 0.2) is 57.9 Å². The molecule has 3 rings (SSSR count). The summed E-state index contributed by atoms with van der Waals surface area (Å²) >= 11 is 9.89. The Bertz CT molecular complexity index is 790. The highest BCUT2D eigenvalue weighted by Gasteiger charge is 2.33. The van der Waals surface area contributed by atoms with Crippen molar-refractivity contribution in [3.05, 3.63) is 63.5 Å². The van der Waals surface area contributed by atoms with Crippen molar-refractivity contribution in [3.8, 4) is 5.75 Å². The minimum Gasteiger partial charge on any atom is -0.507 e. The van der Waals surface area contributed by atoms with E-state index in [-0.39, 0.29) is 11.7 Å². The minimum atomic E-state index is -0.180. The molecule has 22 heavy (non-hydrogen) atoms. The summed E-state index contributed by atoms with van der Waals surface area (Å²) in [6.45, 7) is 0. The molecule has 1 aliphatic heterocycles. The lowest BCUT2D eigenvalue weighted by molar-refractivity contribution is -0.113. The van der Waals surface area contributed by atoms with Crippen LogP contribution in [0.1, 0.15) is 5.56 Å². The van der Waals surface area contributed by atoms with Crippen molar-refractivity contribution in [1.82, 2.24) is 0 Å². The molecule has 1 aliphatic rings. The van der Waals surface area contributed by atoms with E-state index in [4.69, 9.17) is 12.2 Å². The number of nitrogens with zero attached hydrogens (tertiary/aromatic N) is 1. The molecule has 2 aromatic carbocycles. The van der Waals surface area contributed by atoms with Crippen LogP contribution in [0, 0.1) is 0 Å². The van der Waals surface area contributed by atoms with Crippen molar-refractivity contribution in [2.75, 3.05) is 4.90 Å². The second-order valence-corrected chi connectivity index (χ2v) is 7.15. The van der Waals surface area contributed by atoms with Crippen molar-refractivity contribution in [2.24, 2.45) is 0 Å². The molecule has 3 nitrogen and oxygen atoms in total. The van der Waals surface area contributed by atoms with Crippen LogP contribution in [0.5, 0.6) is 5.75 Å². The normalized spacial score (nSPS) is 16.6. The van der Waals surface area contributed by atoms with E-state index >= 15 is 0 Å². The van der Waals surface area contributed by atoms with Gasteiger partial charge in [-0.2, -0.15) is 0 Å². The van der Waals surface area contributed by atoms with Gasteiger partial charge in [0.25, 0.3) is 5.91 Å². The Morgan fingerprint density at radius 2 is 1.91 bits per heavy atom. The maximum atomic E-state index is 12.6. The Morgan fingerprint density at radius 1 is 1.18 bits per heavy atom. The molecular formula is C16H10BrNO2S2. The van der Waals surface area contributed by atoms with E-state index < -0.39 is 0 Å². The molecule has 0 aliphatic carbocycles. The van der Waals surface area contributed by atoms with Crippen molar-refractivity contribution < 1.29 is 9.90 Å². The summed E-state index contributed by atoms with van der Waals surface area (Å²) in [5, 5.41) is 9.90. The third kappa shape index (κ3) is 2.95. The van der Waals surface area contributed by atoms with Gasteiger partial charge >= 0.3 is 0 Å². The lowest BCUT2D eigenvalue weighted by Crippen LogP contribution is -2.27. The Kier molecular flexibility index (Phi) is 4.33. The SMILES string of the molecule is O=C1C(=Cc2cc(Br)ccc2O)SC(=S)N1c1ccccc1. The number of hydrogen-bond acceptors (Lipinski definition) is 4. The second kappa shape index (κ2) is 6.24. The summed E-state index contributed by atoms with van der Waals surface area (Å²) in [6, 6.07) is 14.3. The zero-order valence-corrected chi connectivity index (χ0v) is 14.4. The standard InChI is InChI=1S/C16H10BrNO2S2/c17-11-6-7-13(19)10(8-11)9-14-15(20)18(16(21)22-14)12-4-2-1-3-5-12/h1-9,19H. The zero-order valence-electron chi connectivity index (χ0n) is 11.2. The number of hydrogen-bond donors (Lipinski definition) is 1. The third-order valence-corrected chi connectivity index (χ3v) is 4.88. The number of aromatic hydroxyl groups is 1. The van der Waals surface area contributed by atoms with Crippen molar-refractivity contribution in [1.29, 1.82) is 0 Å². The van der Waals surface area contributed by atoms with Gasteiger partial charge in [-0.25, -0.2) is 0 Å². The van der Waals surface area contributed by atoms with Gasteiger partial charge in [0.15, 0.2) is 4.32 Å². The van der Waals surface area contributed by atoms with Gasteiger partial charge in [0.1, 0.15) is 5.75 Å². The number of phenols is 1. The van der Waals surface area contributed by atoms with Gasteiger partial charge < -0.3 is 5.11 Å². The Hall–Kier alpha value is -1.63. The monoisotopic (exact) mass is 391 g/mol. The highest BCUT2D eigenvalue weighted by atomic mass is 79.9. The number of thiocarbonyl (C=S) groups is 1. The van der Waals surface area contributed by atoms with E-state index in [1.807, 2.05) is 30.3 Å². The highest BCUT2D eigenvalue weighted by molar-refractivity contribution is 9.10. The fourth-order valence-electron chi connectivity index (χ4n) is 2.05. The van der Waals surface area contributed by atoms with E-state index in [1.165, 1.54) is 16.7 Å². The quantitative estimate of drug-likeness (QED) is 0.601. The molecule has 1 N–H and O–H groups in total. The number of anilines is 1. The van der Waals surface area contributed by atoms with E-state index in [2.05, 4.69) is 15.9 Å². The van der Waals surface area contributed by atoms with Crippen LogP contribution >= 0.6 is 39.9 Å². The Morgan fingerprint density at radius 3 is 2.64 bits per heavy atom. The summed E-state index contributed by atoms with van der Waals surface area (Å²) in [6.07, 6.45) is 1.66. The molecule has 6 heteroatoms. The van der Waals surface area contributed by atoms with Crippen LogP contribution in [-0.4, -0.2) is 15.3 Å². The molecule has 110 valence electrons. The predicted octanol–water partition coefficient (Wildman–Crippen LogP) is 4.56. The van der Waals surface area contributed by atoms with Crippen LogP contribution in [-0.2, 0) is 4.79 Å². The molecule has 0 radical (unpaired) electrons. The fraction of sp³-hybridized carbons (Fsp3) is 0. The Labute approximate surface area is 145 Å². The number of rotatable bonds is 2. The molecule has 1 amide bonds. The summed E-state index contributed by atoms with van der Waals surface area (Å²) in [7, 11) is 0.